The summed E-state index contributed by atoms with van der Waals surface area (Å²) in [5.41, 5.74) is 7.31. The Morgan fingerprint density at radius 2 is 1.80 bits per heavy atom. The van der Waals surface area contributed by atoms with Gasteiger partial charge in [-0.25, -0.2) is 0 Å². The van der Waals surface area contributed by atoms with Crippen LogP contribution in [0, 0.1) is 11.3 Å². The number of ether oxygens (including phenoxy) is 4. The van der Waals surface area contributed by atoms with Gasteiger partial charge >= 0.3 is 0 Å². The number of pyridine rings is 1. The van der Waals surface area contributed by atoms with Crippen LogP contribution in [-0.2, 0) is 0 Å². The molecule has 0 saturated carbocycles. The molecule has 0 fully saturated rings. The van der Waals surface area contributed by atoms with Crippen molar-refractivity contribution in [1.82, 2.24) is 4.98 Å². The minimum atomic E-state index is -0.689. The molecular formula is C22H19N3O5. The first kappa shape index (κ1) is 19.2. The third-order valence-corrected chi connectivity index (χ3v) is 5.10. The second-order valence-corrected chi connectivity index (χ2v) is 6.60. The van der Waals surface area contributed by atoms with E-state index in [9.17, 15) is 10.1 Å². The highest BCUT2D eigenvalue weighted by molar-refractivity contribution is 5.97. The average Bonchev–Trinajstić information content (AvgIpc) is 2.77. The van der Waals surface area contributed by atoms with Gasteiger partial charge in [0, 0.05) is 6.07 Å². The molecule has 1 unspecified atom stereocenters. The first-order chi connectivity index (χ1) is 14.5. The van der Waals surface area contributed by atoms with Crippen molar-refractivity contribution in [3.8, 4) is 29.1 Å². The molecule has 1 aliphatic heterocycles. The Morgan fingerprint density at radius 3 is 2.40 bits per heavy atom. The van der Waals surface area contributed by atoms with E-state index in [-0.39, 0.29) is 22.8 Å². The van der Waals surface area contributed by atoms with Gasteiger partial charge in [0.25, 0.3) is 5.56 Å². The number of fused-ring (bicyclic) bond motifs is 3. The molecule has 1 atom stereocenters. The lowest BCUT2D eigenvalue weighted by molar-refractivity contribution is 0.325. The number of benzene rings is 2. The van der Waals surface area contributed by atoms with Gasteiger partial charge < -0.3 is 29.7 Å². The van der Waals surface area contributed by atoms with Gasteiger partial charge in [-0.2, -0.15) is 5.26 Å². The van der Waals surface area contributed by atoms with E-state index in [1.165, 1.54) is 21.3 Å². The van der Waals surface area contributed by atoms with Gasteiger partial charge in [0.05, 0.1) is 43.7 Å². The number of H-pyrrole nitrogens is 1. The maximum atomic E-state index is 13.2. The fourth-order valence-electron chi connectivity index (χ4n) is 3.83. The molecule has 0 amide bonds. The average molecular weight is 405 g/mol. The van der Waals surface area contributed by atoms with E-state index in [1.54, 1.807) is 6.07 Å². The molecule has 152 valence electrons. The molecule has 1 aliphatic rings. The van der Waals surface area contributed by atoms with Gasteiger partial charge in [0.2, 0.25) is 11.6 Å². The highest BCUT2D eigenvalue weighted by atomic mass is 16.5. The highest BCUT2D eigenvalue weighted by Gasteiger charge is 2.36. The standard InChI is InChI=1S/C22H19N3O5/c1-27-14-9-13-16(20(29-3)18(14)28-2)19-17(22(26)25-13)15(11-7-5-4-6-8-11)12(10-23)21(24)30-19/h4-9,15H,24H2,1-3H3,(H,25,26). The van der Waals surface area contributed by atoms with E-state index in [4.69, 9.17) is 24.7 Å². The Labute approximate surface area is 172 Å². The second-order valence-electron chi connectivity index (χ2n) is 6.60. The van der Waals surface area contributed by atoms with E-state index in [1.807, 2.05) is 30.3 Å². The van der Waals surface area contributed by atoms with Gasteiger partial charge in [-0.15, -0.1) is 0 Å². The van der Waals surface area contributed by atoms with E-state index < -0.39 is 11.5 Å². The van der Waals surface area contributed by atoms with Crippen molar-refractivity contribution in [2.45, 2.75) is 5.92 Å². The number of nitrogens with zero attached hydrogens (tertiary/aromatic N) is 1. The van der Waals surface area contributed by atoms with Crippen LogP contribution >= 0.6 is 0 Å². The number of nitrogens with one attached hydrogen (secondary N) is 1. The summed E-state index contributed by atoms with van der Waals surface area (Å²) in [6, 6.07) is 12.9. The molecule has 4 rings (SSSR count). The number of methoxy groups -OCH3 is 3. The van der Waals surface area contributed by atoms with Gasteiger partial charge in [0.15, 0.2) is 17.2 Å². The van der Waals surface area contributed by atoms with Crippen LogP contribution < -0.4 is 30.2 Å². The Bertz CT molecular complexity index is 1270. The van der Waals surface area contributed by atoms with Crippen molar-refractivity contribution < 1.29 is 18.9 Å². The minimum Gasteiger partial charge on any atom is -0.493 e. The Balaban J connectivity index is 2.15. The summed E-state index contributed by atoms with van der Waals surface area (Å²) in [5.74, 6) is 0.508. The lowest BCUT2D eigenvalue weighted by Crippen LogP contribution is -2.28. The number of hydrogen-bond acceptors (Lipinski definition) is 7. The Hall–Kier alpha value is -4.12. The number of allylic oxidation sites excluding steroid dienone is 1. The molecule has 0 aliphatic carbocycles. The summed E-state index contributed by atoms with van der Waals surface area (Å²) >= 11 is 0. The topological polar surface area (TPSA) is 120 Å². The molecule has 0 spiro atoms. The molecule has 3 N–H and O–H groups in total. The van der Waals surface area contributed by atoms with Crippen LogP contribution in [0.15, 0.2) is 52.6 Å². The minimum absolute atomic E-state index is 0.0670. The lowest BCUT2D eigenvalue weighted by atomic mass is 9.83. The number of hydrogen-bond donors (Lipinski definition) is 2. The van der Waals surface area contributed by atoms with E-state index in [2.05, 4.69) is 11.1 Å². The summed E-state index contributed by atoms with van der Waals surface area (Å²) in [4.78, 5) is 16.0. The van der Waals surface area contributed by atoms with E-state index >= 15 is 0 Å². The highest BCUT2D eigenvalue weighted by Crippen LogP contribution is 2.50. The van der Waals surface area contributed by atoms with Crippen molar-refractivity contribution in [2.75, 3.05) is 21.3 Å². The molecule has 0 bridgehead atoms. The smallest absolute Gasteiger partial charge is 0.256 e. The summed E-state index contributed by atoms with van der Waals surface area (Å²) < 4.78 is 22.3. The Kier molecular flexibility index (Phi) is 4.72. The maximum absolute atomic E-state index is 13.2. The zero-order chi connectivity index (χ0) is 21.4. The third-order valence-electron chi connectivity index (χ3n) is 5.10. The van der Waals surface area contributed by atoms with Gasteiger partial charge in [-0.1, -0.05) is 30.3 Å². The van der Waals surface area contributed by atoms with Crippen LogP contribution in [0.3, 0.4) is 0 Å². The van der Waals surface area contributed by atoms with Crippen molar-refractivity contribution in [3.63, 3.8) is 0 Å². The molecule has 2 aromatic carbocycles. The number of aromatic amines is 1. The molecule has 1 aromatic heterocycles. The zero-order valence-corrected chi connectivity index (χ0v) is 16.6. The molecular weight excluding hydrogens is 386 g/mol. The Morgan fingerprint density at radius 1 is 1.10 bits per heavy atom. The monoisotopic (exact) mass is 405 g/mol. The molecule has 0 radical (unpaired) electrons. The first-order valence-corrected chi connectivity index (χ1v) is 9.07. The summed E-state index contributed by atoms with van der Waals surface area (Å²) in [5, 5.41) is 10.2. The van der Waals surface area contributed by atoms with Crippen LogP contribution in [0.1, 0.15) is 17.0 Å². The first-order valence-electron chi connectivity index (χ1n) is 9.07. The molecule has 8 heteroatoms. The fourth-order valence-corrected chi connectivity index (χ4v) is 3.83. The molecule has 8 nitrogen and oxygen atoms in total. The van der Waals surface area contributed by atoms with E-state index in [0.717, 1.165) is 5.56 Å². The maximum Gasteiger partial charge on any atom is 0.256 e. The number of nitriles is 1. The summed E-state index contributed by atoms with van der Waals surface area (Å²) in [6.45, 7) is 0. The van der Waals surface area contributed by atoms with Crippen molar-refractivity contribution in [1.29, 1.82) is 5.26 Å². The molecule has 30 heavy (non-hydrogen) atoms. The van der Waals surface area contributed by atoms with Crippen molar-refractivity contribution in [3.05, 3.63) is 69.3 Å². The van der Waals surface area contributed by atoms with Crippen LogP contribution in [0.5, 0.6) is 23.0 Å². The molecule has 0 saturated heterocycles. The zero-order valence-electron chi connectivity index (χ0n) is 16.6. The summed E-state index contributed by atoms with van der Waals surface area (Å²) in [7, 11) is 4.45. The van der Waals surface area contributed by atoms with Gasteiger partial charge in [-0.3, -0.25) is 4.79 Å². The van der Waals surface area contributed by atoms with Crippen LogP contribution in [0.25, 0.3) is 10.9 Å². The normalized spacial score (nSPS) is 15.2. The number of aromatic nitrogens is 1. The van der Waals surface area contributed by atoms with Crippen LogP contribution in [0.2, 0.25) is 0 Å². The fraction of sp³-hybridized carbons (Fsp3) is 0.182. The number of nitrogens with two attached hydrogens (primary N) is 1. The summed E-state index contributed by atoms with van der Waals surface area (Å²) in [6.07, 6.45) is 0. The quantitative estimate of drug-likeness (QED) is 0.685. The van der Waals surface area contributed by atoms with Crippen molar-refractivity contribution >= 4 is 10.9 Å². The second kappa shape index (κ2) is 7.37. The largest absolute Gasteiger partial charge is 0.493 e. The molecule has 2 heterocycles. The van der Waals surface area contributed by atoms with Gasteiger partial charge in [-0.05, 0) is 5.56 Å². The molecule has 3 aromatic rings. The number of rotatable bonds is 4. The van der Waals surface area contributed by atoms with Crippen LogP contribution in [-0.4, -0.2) is 26.3 Å². The van der Waals surface area contributed by atoms with Crippen LogP contribution in [0.4, 0.5) is 0 Å². The predicted molar refractivity (Wildman–Crippen MR) is 110 cm³/mol. The SMILES string of the molecule is COc1cc2[nH]c(=O)c3c(c2c(OC)c1OC)OC(N)=C(C#N)C3c1ccccc1. The van der Waals surface area contributed by atoms with E-state index in [0.29, 0.717) is 28.2 Å². The lowest BCUT2D eigenvalue weighted by Gasteiger charge is -2.27. The predicted octanol–water partition coefficient (Wildman–Crippen LogP) is 2.77. The third kappa shape index (κ3) is 2.71. The van der Waals surface area contributed by atoms with Crippen molar-refractivity contribution in [2.24, 2.45) is 5.73 Å². The van der Waals surface area contributed by atoms with Gasteiger partial charge in [0.1, 0.15) is 11.6 Å².